The zero-order valence-corrected chi connectivity index (χ0v) is 10.1. The van der Waals surface area contributed by atoms with E-state index in [9.17, 15) is 0 Å². The minimum Gasteiger partial charge on any atom is -0.384 e. The Morgan fingerprint density at radius 2 is 2.20 bits per heavy atom. The van der Waals surface area contributed by atoms with Crippen molar-refractivity contribution < 1.29 is 0 Å². The van der Waals surface area contributed by atoms with E-state index in [1.54, 1.807) is 6.20 Å². The maximum absolute atomic E-state index is 5.63. The van der Waals surface area contributed by atoms with Gasteiger partial charge in [-0.1, -0.05) is 0 Å². The van der Waals surface area contributed by atoms with Crippen LogP contribution in [0.4, 0.5) is 5.82 Å². The molecular formula is C10H17Cl2N3. The molecule has 0 aliphatic carbocycles. The standard InChI is InChI=1S/C10H15N3.2ClH/c11-10-6-8(3-5-13-10)9-2-1-4-12-7-9;;/h3,5-6,9,12H,1-2,4,7H2,(H2,11,13);2*1H. The van der Waals surface area contributed by atoms with Crippen molar-refractivity contribution in [3.8, 4) is 0 Å². The minimum absolute atomic E-state index is 0. The number of nitrogens with one attached hydrogen (secondary N) is 1. The van der Waals surface area contributed by atoms with E-state index in [4.69, 9.17) is 5.73 Å². The number of nitrogens with two attached hydrogens (primary N) is 1. The highest BCUT2D eigenvalue weighted by Gasteiger charge is 2.14. The van der Waals surface area contributed by atoms with Crippen molar-refractivity contribution in [1.29, 1.82) is 0 Å². The lowest BCUT2D eigenvalue weighted by molar-refractivity contribution is 0.461. The van der Waals surface area contributed by atoms with E-state index in [-0.39, 0.29) is 24.8 Å². The molecule has 1 aromatic rings. The van der Waals surface area contributed by atoms with Crippen LogP contribution in [0.25, 0.3) is 0 Å². The number of hydrogen-bond donors (Lipinski definition) is 2. The van der Waals surface area contributed by atoms with E-state index < -0.39 is 0 Å². The van der Waals surface area contributed by atoms with Crippen molar-refractivity contribution in [3.63, 3.8) is 0 Å². The molecule has 5 heteroatoms. The molecule has 3 nitrogen and oxygen atoms in total. The molecule has 0 saturated carbocycles. The van der Waals surface area contributed by atoms with Gasteiger partial charge in [-0.2, -0.15) is 0 Å². The molecule has 1 aliphatic rings. The van der Waals surface area contributed by atoms with Crippen molar-refractivity contribution in [2.24, 2.45) is 0 Å². The Balaban J connectivity index is 0.000000980. The second-order valence-electron chi connectivity index (χ2n) is 3.56. The Bertz CT molecular complexity index is 288. The summed E-state index contributed by atoms with van der Waals surface area (Å²) >= 11 is 0. The topological polar surface area (TPSA) is 50.9 Å². The smallest absolute Gasteiger partial charge is 0.123 e. The predicted octanol–water partition coefficient (Wildman–Crippen LogP) is 1.97. The van der Waals surface area contributed by atoms with E-state index in [1.807, 2.05) is 6.07 Å². The summed E-state index contributed by atoms with van der Waals surface area (Å²) in [6, 6.07) is 4.05. The summed E-state index contributed by atoms with van der Waals surface area (Å²) < 4.78 is 0. The van der Waals surface area contributed by atoms with E-state index in [1.165, 1.54) is 18.4 Å². The van der Waals surface area contributed by atoms with Crippen LogP contribution >= 0.6 is 24.8 Å². The van der Waals surface area contributed by atoms with Crippen LogP contribution in [0.3, 0.4) is 0 Å². The highest BCUT2D eigenvalue weighted by atomic mass is 35.5. The summed E-state index contributed by atoms with van der Waals surface area (Å²) in [6.45, 7) is 2.22. The fourth-order valence-electron chi connectivity index (χ4n) is 1.86. The summed E-state index contributed by atoms with van der Waals surface area (Å²) in [7, 11) is 0. The highest BCUT2D eigenvalue weighted by Crippen LogP contribution is 2.23. The Kier molecular flexibility index (Phi) is 6.65. The first-order chi connectivity index (χ1) is 6.36. The van der Waals surface area contributed by atoms with Gasteiger partial charge in [-0.3, -0.25) is 0 Å². The predicted molar refractivity (Wildman–Crippen MR) is 68.0 cm³/mol. The van der Waals surface area contributed by atoms with Crippen molar-refractivity contribution >= 4 is 30.6 Å². The number of pyridine rings is 1. The highest BCUT2D eigenvalue weighted by molar-refractivity contribution is 5.85. The molecule has 1 fully saturated rings. The van der Waals surface area contributed by atoms with Crippen molar-refractivity contribution in [1.82, 2.24) is 10.3 Å². The maximum Gasteiger partial charge on any atom is 0.123 e. The van der Waals surface area contributed by atoms with Crippen LogP contribution in [-0.2, 0) is 0 Å². The monoisotopic (exact) mass is 249 g/mol. The molecule has 86 valence electrons. The zero-order valence-electron chi connectivity index (χ0n) is 8.48. The van der Waals surface area contributed by atoms with Gasteiger partial charge in [0.2, 0.25) is 0 Å². The summed E-state index contributed by atoms with van der Waals surface area (Å²) in [5.41, 5.74) is 6.95. The van der Waals surface area contributed by atoms with Crippen molar-refractivity contribution in [2.45, 2.75) is 18.8 Å². The van der Waals surface area contributed by atoms with Gasteiger partial charge in [-0.15, -0.1) is 24.8 Å². The third-order valence-corrected chi connectivity index (χ3v) is 2.57. The van der Waals surface area contributed by atoms with Gasteiger partial charge in [0.15, 0.2) is 0 Å². The van der Waals surface area contributed by atoms with Gasteiger partial charge < -0.3 is 11.1 Å². The number of nitrogen functional groups attached to an aromatic ring is 1. The van der Waals surface area contributed by atoms with Crippen LogP contribution in [0.2, 0.25) is 0 Å². The van der Waals surface area contributed by atoms with Crippen molar-refractivity contribution in [2.75, 3.05) is 18.8 Å². The van der Waals surface area contributed by atoms with Crippen LogP contribution in [0.1, 0.15) is 24.3 Å². The average Bonchev–Trinajstić information content (AvgIpc) is 2.19. The summed E-state index contributed by atoms with van der Waals surface area (Å²) in [4.78, 5) is 3.99. The van der Waals surface area contributed by atoms with E-state index in [0.717, 1.165) is 13.1 Å². The van der Waals surface area contributed by atoms with Crippen LogP contribution in [-0.4, -0.2) is 18.1 Å². The number of anilines is 1. The normalized spacial score (nSPS) is 19.9. The SMILES string of the molecule is Cl.Cl.Nc1cc(C2CCCNC2)ccn1. The molecule has 3 N–H and O–H groups in total. The van der Waals surface area contributed by atoms with Gasteiger partial charge in [0.05, 0.1) is 0 Å². The lowest BCUT2D eigenvalue weighted by atomic mass is 9.92. The van der Waals surface area contributed by atoms with E-state index in [0.29, 0.717) is 11.7 Å². The molecule has 0 aromatic carbocycles. The van der Waals surface area contributed by atoms with Gasteiger partial charge in [-0.05, 0) is 43.0 Å². The first-order valence-corrected chi connectivity index (χ1v) is 4.78. The van der Waals surface area contributed by atoms with Crippen LogP contribution in [0, 0.1) is 0 Å². The van der Waals surface area contributed by atoms with Gasteiger partial charge in [0.1, 0.15) is 5.82 Å². The quantitative estimate of drug-likeness (QED) is 0.801. The molecule has 1 saturated heterocycles. The first kappa shape index (κ1) is 14.5. The zero-order chi connectivity index (χ0) is 9.10. The molecule has 1 aromatic heterocycles. The third-order valence-electron chi connectivity index (χ3n) is 2.57. The summed E-state index contributed by atoms with van der Waals surface area (Å²) in [5, 5.41) is 3.39. The lowest BCUT2D eigenvalue weighted by Crippen LogP contribution is -2.28. The molecule has 1 unspecified atom stereocenters. The number of rotatable bonds is 1. The van der Waals surface area contributed by atoms with Gasteiger partial charge in [0.25, 0.3) is 0 Å². The third kappa shape index (κ3) is 3.86. The Morgan fingerprint density at radius 3 is 2.80 bits per heavy atom. The maximum atomic E-state index is 5.63. The van der Waals surface area contributed by atoms with Gasteiger partial charge in [-0.25, -0.2) is 4.98 Å². The molecule has 0 bridgehead atoms. The fraction of sp³-hybridized carbons (Fsp3) is 0.500. The number of hydrogen-bond acceptors (Lipinski definition) is 3. The minimum atomic E-state index is 0. The fourth-order valence-corrected chi connectivity index (χ4v) is 1.86. The Hall–Kier alpha value is -0.510. The molecule has 0 spiro atoms. The Labute approximate surface area is 103 Å². The first-order valence-electron chi connectivity index (χ1n) is 4.78. The van der Waals surface area contributed by atoms with Crippen LogP contribution in [0.15, 0.2) is 18.3 Å². The molecule has 1 atom stereocenters. The van der Waals surface area contributed by atoms with Gasteiger partial charge in [0, 0.05) is 12.7 Å². The summed E-state index contributed by atoms with van der Waals surface area (Å²) in [5.74, 6) is 1.25. The number of nitrogens with zero attached hydrogens (tertiary/aromatic N) is 1. The number of aromatic nitrogens is 1. The average molecular weight is 250 g/mol. The molecular weight excluding hydrogens is 233 g/mol. The molecule has 0 radical (unpaired) electrons. The summed E-state index contributed by atoms with van der Waals surface area (Å²) in [6.07, 6.45) is 4.31. The Morgan fingerprint density at radius 1 is 1.40 bits per heavy atom. The second-order valence-corrected chi connectivity index (χ2v) is 3.56. The van der Waals surface area contributed by atoms with Crippen LogP contribution < -0.4 is 11.1 Å². The molecule has 15 heavy (non-hydrogen) atoms. The number of piperidine rings is 1. The largest absolute Gasteiger partial charge is 0.384 e. The van der Waals surface area contributed by atoms with E-state index >= 15 is 0 Å². The molecule has 0 amide bonds. The second kappa shape index (κ2) is 6.88. The number of halogens is 2. The molecule has 2 rings (SSSR count). The van der Waals surface area contributed by atoms with Gasteiger partial charge >= 0.3 is 0 Å². The molecule has 2 heterocycles. The lowest BCUT2D eigenvalue weighted by Gasteiger charge is -2.22. The van der Waals surface area contributed by atoms with Crippen LogP contribution in [0.5, 0.6) is 0 Å². The molecule has 1 aliphatic heterocycles. The van der Waals surface area contributed by atoms with E-state index in [2.05, 4.69) is 16.4 Å². The van der Waals surface area contributed by atoms with Crippen molar-refractivity contribution in [3.05, 3.63) is 23.9 Å².